The zero-order chi connectivity index (χ0) is 16.7. The first-order valence-corrected chi connectivity index (χ1v) is 8.73. The van der Waals surface area contributed by atoms with Crippen molar-refractivity contribution in [3.63, 3.8) is 0 Å². The third-order valence-corrected chi connectivity index (χ3v) is 4.62. The molecule has 0 atom stereocenters. The summed E-state index contributed by atoms with van der Waals surface area (Å²) in [5, 5.41) is 0.623. The summed E-state index contributed by atoms with van der Waals surface area (Å²) in [6.45, 7) is 5.30. The Morgan fingerprint density at radius 2 is 1.65 bits per heavy atom. The molecule has 0 N–H and O–H groups in total. The largest absolute Gasteiger partial charge is 0.487 e. The molecule has 0 spiro atoms. The van der Waals surface area contributed by atoms with Gasteiger partial charge in [0.15, 0.2) is 6.29 Å². The van der Waals surface area contributed by atoms with Gasteiger partial charge in [-0.1, -0.05) is 41.9 Å². The van der Waals surface area contributed by atoms with Gasteiger partial charge >= 0.3 is 0 Å². The van der Waals surface area contributed by atoms with Crippen LogP contribution in [0.1, 0.15) is 13.8 Å². The molecule has 3 nitrogen and oxygen atoms in total. The third-order valence-electron chi connectivity index (χ3n) is 3.21. The number of ether oxygens (including phenoxy) is 3. The Balaban J connectivity index is 2.14. The van der Waals surface area contributed by atoms with Gasteiger partial charge < -0.3 is 14.2 Å². The Hall–Kier alpha value is -1.07. The molecule has 0 aliphatic carbocycles. The van der Waals surface area contributed by atoms with Crippen molar-refractivity contribution < 1.29 is 14.2 Å². The summed E-state index contributed by atoms with van der Waals surface area (Å²) in [7, 11) is 0. The van der Waals surface area contributed by atoms with Crippen molar-refractivity contribution in [2.24, 2.45) is 0 Å². The van der Waals surface area contributed by atoms with Gasteiger partial charge in [-0.3, -0.25) is 0 Å². The monoisotopic (exact) mass is 398 g/mol. The van der Waals surface area contributed by atoms with Gasteiger partial charge in [-0.05, 0) is 47.5 Å². The molecule has 23 heavy (non-hydrogen) atoms. The second kappa shape index (κ2) is 9.28. The summed E-state index contributed by atoms with van der Waals surface area (Å²) >= 11 is 10.00. The first-order valence-electron chi connectivity index (χ1n) is 7.56. The summed E-state index contributed by atoms with van der Waals surface area (Å²) in [4.78, 5) is 0. The molecular formula is C18H20BrClO3. The van der Waals surface area contributed by atoms with E-state index in [1.165, 1.54) is 0 Å². The van der Waals surface area contributed by atoms with E-state index in [2.05, 4.69) is 15.9 Å². The molecule has 0 amide bonds. The molecule has 0 radical (unpaired) electrons. The number of hydrogen-bond donors (Lipinski definition) is 0. The van der Waals surface area contributed by atoms with Gasteiger partial charge in [0.05, 0.1) is 9.50 Å². The summed E-state index contributed by atoms with van der Waals surface area (Å²) in [5.74, 6) is 0.666. The number of halogens is 2. The van der Waals surface area contributed by atoms with E-state index in [1.807, 2.05) is 56.3 Å². The molecule has 2 aromatic carbocycles. The first kappa shape index (κ1) is 18.3. The molecule has 0 heterocycles. The molecule has 0 aliphatic rings. The fraction of sp³-hybridized carbons (Fsp3) is 0.333. The average Bonchev–Trinajstić information content (AvgIpc) is 2.57. The topological polar surface area (TPSA) is 27.7 Å². The second-order valence-electron chi connectivity index (χ2n) is 4.76. The van der Waals surface area contributed by atoms with E-state index in [-0.39, 0.29) is 6.29 Å². The van der Waals surface area contributed by atoms with Crippen molar-refractivity contribution in [2.45, 2.75) is 20.1 Å². The predicted octanol–water partition coefficient (Wildman–Crippen LogP) is 5.55. The molecule has 0 bridgehead atoms. The van der Waals surface area contributed by atoms with Crippen molar-refractivity contribution in [1.29, 1.82) is 0 Å². The third kappa shape index (κ3) is 4.95. The normalized spacial score (nSPS) is 11.0. The quantitative estimate of drug-likeness (QED) is 0.545. The lowest BCUT2D eigenvalue weighted by Gasteiger charge is -2.18. The lowest BCUT2D eigenvalue weighted by atomic mass is 10.1. The smallest absolute Gasteiger partial charge is 0.191 e. The van der Waals surface area contributed by atoms with E-state index in [9.17, 15) is 0 Å². The molecule has 0 saturated heterocycles. The standard InChI is InChI=1S/C18H20BrClO3/c1-3-21-16(22-4-2)12-23-15-11-10-14(18(20)17(15)19)13-8-6-5-7-9-13/h5-11,16H,3-4,12H2,1-2H3. The Bertz CT molecular complexity index is 613. The molecule has 0 fully saturated rings. The van der Waals surface area contributed by atoms with E-state index >= 15 is 0 Å². The Morgan fingerprint density at radius 3 is 2.26 bits per heavy atom. The van der Waals surface area contributed by atoms with Crippen LogP contribution in [-0.2, 0) is 9.47 Å². The van der Waals surface area contributed by atoms with Gasteiger partial charge in [0.2, 0.25) is 0 Å². The Labute approximate surface area is 150 Å². The van der Waals surface area contributed by atoms with Crippen molar-refractivity contribution in [3.05, 3.63) is 52.0 Å². The molecule has 0 unspecified atom stereocenters. The molecule has 0 saturated carbocycles. The highest BCUT2D eigenvalue weighted by molar-refractivity contribution is 9.10. The zero-order valence-electron chi connectivity index (χ0n) is 13.2. The summed E-state index contributed by atoms with van der Waals surface area (Å²) in [6, 6.07) is 13.8. The van der Waals surface area contributed by atoms with E-state index in [4.69, 9.17) is 25.8 Å². The second-order valence-corrected chi connectivity index (χ2v) is 5.93. The predicted molar refractivity (Wildman–Crippen MR) is 97.1 cm³/mol. The van der Waals surface area contributed by atoms with E-state index in [1.54, 1.807) is 0 Å². The van der Waals surface area contributed by atoms with Crippen LogP contribution in [0.25, 0.3) is 11.1 Å². The minimum absolute atomic E-state index is 0.307. The van der Waals surface area contributed by atoms with E-state index in [0.717, 1.165) is 15.6 Å². The van der Waals surface area contributed by atoms with Crippen molar-refractivity contribution in [2.75, 3.05) is 19.8 Å². The maximum Gasteiger partial charge on any atom is 0.191 e. The van der Waals surface area contributed by atoms with Crippen LogP contribution in [0.3, 0.4) is 0 Å². The first-order chi connectivity index (χ1) is 11.2. The van der Waals surface area contributed by atoms with Crippen LogP contribution < -0.4 is 4.74 Å². The Morgan fingerprint density at radius 1 is 1.00 bits per heavy atom. The fourth-order valence-corrected chi connectivity index (χ4v) is 2.88. The van der Waals surface area contributed by atoms with Crippen molar-refractivity contribution in [3.8, 4) is 16.9 Å². The molecule has 2 rings (SSSR count). The molecule has 0 aromatic heterocycles. The van der Waals surface area contributed by atoms with Crippen LogP contribution in [-0.4, -0.2) is 26.1 Å². The van der Waals surface area contributed by atoms with Gasteiger partial charge in [-0.2, -0.15) is 0 Å². The summed E-state index contributed by atoms with van der Waals surface area (Å²) in [6.07, 6.45) is -0.385. The van der Waals surface area contributed by atoms with Crippen molar-refractivity contribution in [1.82, 2.24) is 0 Å². The van der Waals surface area contributed by atoms with Crippen LogP contribution in [0.4, 0.5) is 0 Å². The zero-order valence-corrected chi connectivity index (χ0v) is 15.6. The van der Waals surface area contributed by atoms with Crippen LogP contribution in [0.5, 0.6) is 5.75 Å². The van der Waals surface area contributed by atoms with Crippen LogP contribution >= 0.6 is 27.5 Å². The van der Waals surface area contributed by atoms with Crippen LogP contribution in [0.2, 0.25) is 5.02 Å². The Kier molecular flexibility index (Phi) is 7.37. The van der Waals surface area contributed by atoms with Gasteiger partial charge in [0.1, 0.15) is 12.4 Å². The molecule has 2 aromatic rings. The maximum absolute atomic E-state index is 6.48. The molecule has 5 heteroatoms. The maximum atomic E-state index is 6.48. The molecule has 124 valence electrons. The highest BCUT2D eigenvalue weighted by Gasteiger charge is 2.14. The fourth-order valence-electron chi connectivity index (χ4n) is 2.16. The minimum Gasteiger partial charge on any atom is -0.487 e. The van der Waals surface area contributed by atoms with Crippen molar-refractivity contribution >= 4 is 27.5 Å². The minimum atomic E-state index is -0.385. The lowest BCUT2D eigenvalue weighted by molar-refractivity contribution is -0.152. The van der Waals surface area contributed by atoms with Gasteiger partial charge in [-0.15, -0.1) is 0 Å². The average molecular weight is 400 g/mol. The summed E-state index contributed by atoms with van der Waals surface area (Å²) in [5.41, 5.74) is 2.02. The number of benzene rings is 2. The van der Waals surface area contributed by atoms with Crippen LogP contribution in [0, 0.1) is 0 Å². The van der Waals surface area contributed by atoms with Gasteiger partial charge in [0, 0.05) is 18.8 Å². The number of rotatable bonds is 8. The highest BCUT2D eigenvalue weighted by atomic mass is 79.9. The summed E-state index contributed by atoms with van der Waals surface area (Å²) < 4.78 is 17.5. The van der Waals surface area contributed by atoms with E-state index < -0.39 is 0 Å². The highest BCUT2D eigenvalue weighted by Crippen LogP contribution is 2.39. The van der Waals surface area contributed by atoms with Gasteiger partial charge in [-0.25, -0.2) is 0 Å². The SMILES string of the molecule is CCOC(COc1ccc(-c2ccccc2)c(Cl)c1Br)OCC. The molecule has 0 aliphatic heterocycles. The van der Waals surface area contributed by atoms with Gasteiger partial charge in [0.25, 0.3) is 0 Å². The number of hydrogen-bond acceptors (Lipinski definition) is 3. The van der Waals surface area contributed by atoms with E-state index in [0.29, 0.717) is 30.6 Å². The lowest BCUT2D eigenvalue weighted by Crippen LogP contribution is -2.25. The van der Waals surface area contributed by atoms with Crippen LogP contribution in [0.15, 0.2) is 46.9 Å². The molecular weight excluding hydrogens is 380 g/mol.